The van der Waals surface area contributed by atoms with Crippen molar-refractivity contribution in [3.05, 3.63) is 69.8 Å². The molecule has 3 rings (SSSR count). The van der Waals surface area contributed by atoms with Gasteiger partial charge in [0.2, 0.25) is 5.91 Å². The number of carbonyl (C=O) groups excluding carboxylic acids is 2. The molecule has 0 atom stereocenters. The van der Waals surface area contributed by atoms with Crippen molar-refractivity contribution in [3.63, 3.8) is 0 Å². The topological polar surface area (TPSA) is 87.0 Å². The Kier molecular flexibility index (Phi) is 7.23. The second-order valence-corrected chi connectivity index (χ2v) is 7.67. The Bertz CT molecular complexity index is 940. The molecule has 0 radical (unpaired) electrons. The number of nitrogens with zero attached hydrogens (tertiary/aromatic N) is 4. The van der Waals surface area contributed by atoms with Crippen LogP contribution in [0, 0.1) is 10.1 Å². The number of carbonyl (C=O) groups is 2. The molecule has 0 N–H and O–H groups in total. The maximum Gasteiger partial charge on any atom is 0.293 e. The zero-order valence-electron chi connectivity index (χ0n) is 18.0. The quantitative estimate of drug-likeness (QED) is 0.503. The van der Waals surface area contributed by atoms with Crippen LogP contribution in [0.1, 0.15) is 36.2 Å². The van der Waals surface area contributed by atoms with E-state index in [2.05, 4.69) is 0 Å². The summed E-state index contributed by atoms with van der Waals surface area (Å²) in [5.41, 5.74) is 1.72. The monoisotopic (exact) mass is 424 g/mol. The Hall–Kier alpha value is -3.42. The van der Waals surface area contributed by atoms with E-state index >= 15 is 0 Å². The van der Waals surface area contributed by atoms with E-state index in [0.717, 1.165) is 12.0 Å². The average molecular weight is 425 g/mol. The van der Waals surface area contributed by atoms with Gasteiger partial charge in [-0.3, -0.25) is 19.7 Å². The van der Waals surface area contributed by atoms with Crippen LogP contribution in [0.5, 0.6) is 0 Å². The zero-order valence-corrected chi connectivity index (χ0v) is 18.0. The van der Waals surface area contributed by atoms with Crippen molar-refractivity contribution in [3.8, 4) is 0 Å². The first-order chi connectivity index (χ1) is 14.9. The molecule has 2 amide bonds. The van der Waals surface area contributed by atoms with Crippen LogP contribution in [0.3, 0.4) is 0 Å². The minimum atomic E-state index is -0.440. The van der Waals surface area contributed by atoms with Crippen LogP contribution in [0.2, 0.25) is 0 Å². The molecule has 1 aliphatic rings. The molecular formula is C23H28N4O4. The molecule has 0 bridgehead atoms. The number of piperazine rings is 1. The minimum Gasteiger partial charge on any atom is -0.362 e. The molecule has 31 heavy (non-hydrogen) atoms. The van der Waals surface area contributed by atoms with Crippen molar-refractivity contribution in [1.82, 2.24) is 9.80 Å². The third-order valence-corrected chi connectivity index (χ3v) is 5.48. The number of hydrogen-bond acceptors (Lipinski definition) is 5. The van der Waals surface area contributed by atoms with E-state index in [1.165, 1.54) is 13.0 Å². The molecule has 0 aromatic heterocycles. The molecule has 0 aliphatic carbocycles. The molecular weight excluding hydrogens is 396 g/mol. The normalized spacial score (nSPS) is 13.7. The highest BCUT2D eigenvalue weighted by molar-refractivity contribution is 5.95. The maximum absolute atomic E-state index is 13.2. The Morgan fingerprint density at radius 1 is 1.06 bits per heavy atom. The van der Waals surface area contributed by atoms with E-state index in [9.17, 15) is 19.7 Å². The van der Waals surface area contributed by atoms with E-state index in [1.54, 1.807) is 21.9 Å². The Balaban J connectivity index is 1.83. The number of rotatable bonds is 7. The van der Waals surface area contributed by atoms with E-state index < -0.39 is 4.92 Å². The largest absolute Gasteiger partial charge is 0.362 e. The molecule has 2 aromatic rings. The highest BCUT2D eigenvalue weighted by Gasteiger charge is 2.27. The van der Waals surface area contributed by atoms with Crippen LogP contribution in [0.25, 0.3) is 0 Å². The van der Waals surface area contributed by atoms with Crippen molar-refractivity contribution in [2.24, 2.45) is 0 Å². The fourth-order valence-corrected chi connectivity index (χ4v) is 3.84. The van der Waals surface area contributed by atoms with Crippen molar-refractivity contribution in [2.75, 3.05) is 37.6 Å². The first kappa shape index (κ1) is 22.3. The van der Waals surface area contributed by atoms with Gasteiger partial charge in [0.1, 0.15) is 5.69 Å². The van der Waals surface area contributed by atoms with Crippen LogP contribution in [-0.4, -0.2) is 59.3 Å². The van der Waals surface area contributed by atoms with Crippen LogP contribution in [0.4, 0.5) is 11.4 Å². The van der Waals surface area contributed by atoms with E-state index in [0.29, 0.717) is 50.5 Å². The molecule has 1 saturated heterocycles. The van der Waals surface area contributed by atoms with Gasteiger partial charge in [-0.05, 0) is 24.1 Å². The fraction of sp³-hybridized carbons (Fsp3) is 0.391. The first-order valence-corrected chi connectivity index (χ1v) is 10.5. The Morgan fingerprint density at radius 3 is 2.32 bits per heavy atom. The smallest absolute Gasteiger partial charge is 0.293 e. The minimum absolute atomic E-state index is 0.00419. The summed E-state index contributed by atoms with van der Waals surface area (Å²) >= 11 is 0. The number of anilines is 1. The number of hydrogen-bond donors (Lipinski definition) is 0. The van der Waals surface area contributed by atoms with Gasteiger partial charge >= 0.3 is 0 Å². The lowest BCUT2D eigenvalue weighted by molar-refractivity contribution is -0.384. The van der Waals surface area contributed by atoms with Gasteiger partial charge in [-0.15, -0.1) is 0 Å². The van der Waals surface area contributed by atoms with E-state index in [4.69, 9.17) is 0 Å². The molecule has 8 nitrogen and oxygen atoms in total. The molecule has 1 heterocycles. The highest BCUT2D eigenvalue weighted by atomic mass is 16.6. The average Bonchev–Trinajstić information content (AvgIpc) is 2.78. The third kappa shape index (κ3) is 5.39. The Morgan fingerprint density at radius 2 is 1.74 bits per heavy atom. The lowest BCUT2D eigenvalue weighted by Gasteiger charge is -2.35. The summed E-state index contributed by atoms with van der Waals surface area (Å²) in [5, 5.41) is 11.8. The SMILES string of the molecule is CCCN(Cc1ccccc1)C(=O)c1ccc(N2CCN(C(C)=O)CC2)c([N+](=O)[O-])c1. The summed E-state index contributed by atoms with van der Waals surface area (Å²) in [6, 6.07) is 14.4. The molecule has 2 aromatic carbocycles. The van der Waals surface area contributed by atoms with Crippen LogP contribution >= 0.6 is 0 Å². The second kappa shape index (κ2) is 10.1. The number of amides is 2. The standard InChI is InChI=1S/C23H28N4O4/c1-3-11-26(17-19-7-5-4-6-8-19)23(29)20-9-10-21(22(16-20)27(30)31)25-14-12-24(13-15-25)18(2)28/h4-10,16H,3,11-15,17H2,1-2H3. The van der Waals surface area contributed by atoms with Crippen molar-refractivity contribution in [2.45, 2.75) is 26.8 Å². The predicted octanol–water partition coefficient (Wildman–Crippen LogP) is 3.32. The third-order valence-electron chi connectivity index (χ3n) is 5.48. The molecule has 1 fully saturated rings. The predicted molar refractivity (Wildman–Crippen MR) is 119 cm³/mol. The summed E-state index contributed by atoms with van der Waals surface area (Å²) in [5.74, 6) is -0.216. The number of nitro benzene ring substituents is 1. The molecule has 1 aliphatic heterocycles. The lowest BCUT2D eigenvalue weighted by atomic mass is 10.1. The summed E-state index contributed by atoms with van der Waals surface area (Å²) in [6.07, 6.45) is 0.791. The van der Waals surface area contributed by atoms with Gasteiger partial charge < -0.3 is 14.7 Å². The van der Waals surface area contributed by atoms with Gasteiger partial charge in [0.25, 0.3) is 11.6 Å². The van der Waals surface area contributed by atoms with Gasteiger partial charge in [-0.2, -0.15) is 0 Å². The van der Waals surface area contributed by atoms with Crippen LogP contribution in [-0.2, 0) is 11.3 Å². The Labute approximate surface area is 182 Å². The highest BCUT2D eigenvalue weighted by Crippen LogP contribution is 2.30. The van der Waals surface area contributed by atoms with Gasteiger partial charge in [0.05, 0.1) is 4.92 Å². The molecule has 0 spiro atoms. The second-order valence-electron chi connectivity index (χ2n) is 7.67. The van der Waals surface area contributed by atoms with Crippen molar-refractivity contribution < 1.29 is 14.5 Å². The van der Waals surface area contributed by atoms with Gasteiger partial charge in [0, 0.05) is 57.8 Å². The molecule has 8 heteroatoms. The van der Waals surface area contributed by atoms with E-state index in [-0.39, 0.29) is 17.5 Å². The molecule has 0 unspecified atom stereocenters. The van der Waals surface area contributed by atoms with Gasteiger partial charge in [0.15, 0.2) is 0 Å². The van der Waals surface area contributed by atoms with Crippen LogP contribution < -0.4 is 4.90 Å². The zero-order chi connectivity index (χ0) is 22.4. The summed E-state index contributed by atoms with van der Waals surface area (Å²) in [6.45, 7) is 6.62. The van der Waals surface area contributed by atoms with Gasteiger partial charge in [-0.25, -0.2) is 0 Å². The van der Waals surface area contributed by atoms with E-state index in [1.807, 2.05) is 42.2 Å². The maximum atomic E-state index is 13.2. The first-order valence-electron chi connectivity index (χ1n) is 10.5. The van der Waals surface area contributed by atoms with Crippen LogP contribution in [0.15, 0.2) is 48.5 Å². The van der Waals surface area contributed by atoms with Crippen molar-refractivity contribution in [1.29, 1.82) is 0 Å². The number of nitro groups is 1. The molecule has 0 saturated carbocycles. The summed E-state index contributed by atoms with van der Waals surface area (Å²) < 4.78 is 0. The van der Waals surface area contributed by atoms with Gasteiger partial charge in [-0.1, -0.05) is 37.3 Å². The fourth-order valence-electron chi connectivity index (χ4n) is 3.84. The number of benzene rings is 2. The molecule has 164 valence electrons. The lowest BCUT2D eigenvalue weighted by Crippen LogP contribution is -2.48. The summed E-state index contributed by atoms with van der Waals surface area (Å²) in [4.78, 5) is 41.4. The summed E-state index contributed by atoms with van der Waals surface area (Å²) in [7, 11) is 0. The van der Waals surface area contributed by atoms with Crippen molar-refractivity contribution >= 4 is 23.2 Å².